The first-order chi connectivity index (χ1) is 9.54. The van der Waals surface area contributed by atoms with Crippen molar-refractivity contribution in [2.45, 2.75) is 32.4 Å². The van der Waals surface area contributed by atoms with Crippen molar-refractivity contribution in [2.75, 3.05) is 0 Å². The Balaban J connectivity index is 1.93. The molecule has 0 aromatic heterocycles. The van der Waals surface area contributed by atoms with Gasteiger partial charge < -0.3 is 5.32 Å². The smallest absolute Gasteiger partial charge is 0.0409 e. The second-order valence-corrected chi connectivity index (χ2v) is 6.05. The molecule has 0 bridgehead atoms. The molecule has 0 spiro atoms. The van der Waals surface area contributed by atoms with Crippen LogP contribution in [-0.2, 0) is 6.42 Å². The predicted octanol–water partition coefficient (Wildman–Crippen LogP) is 5.28. The lowest BCUT2D eigenvalue weighted by Gasteiger charge is -2.20. The lowest BCUT2D eigenvalue weighted by Crippen LogP contribution is -2.30. The Hall–Kier alpha value is -1.02. The molecule has 0 heterocycles. The van der Waals surface area contributed by atoms with Gasteiger partial charge in [0.1, 0.15) is 0 Å². The Morgan fingerprint density at radius 3 is 2.30 bits per heavy atom. The van der Waals surface area contributed by atoms with E-state index >= 15 is 0 Å². The summed E-state index contributed by atoms with van der Waals surface area (Å²) in [6.45, 7) is 4.35. The first kappa shape index (κ1) is 15.4. The number of nitrogens with one attached hydrogen (secondary N) is 1. The highest BCUT2D eigenvalue weighted by atomic mass is 35.5. The minimum absolute atomic E-state index is 0.274. The Labute approximate surface area is 130 Å². The SMILES string of the molecule is CC(Cc1ccc(Cl)cc1)N[C@H](C)c1cccc(Cl)c1. The van der Waals surface area contributed by atoms with E-state index < -0.39 is 0 Å². The Kier molecular flexibility index (Phi) is 5.47. The molecule has 0 radical (unpaired) electrons. The molecule has 0 aliphatic carbocycles. The van der Waals surface area contributed by atoms with Crippen LogP contribution in [0.4, 0.5) is 0 Å². The fourth-order valence-corrected chi connectivity index (χ4v) is 2.66. The molecule has 2 aromatic carbocycles. The summed E-state index contributed by atoms with van der Waals surface area (Å²) in [5.74, 6) is 0. The summed E-state index contributed by atoms with van der Waals surface area (Å²) in [5.41, 5.74) is 2.49. The van der Waals surface area contributed by atoms with Crippen LogP contribution in [0.15, 0.2) is 48.5 Å². The van der Waals surface area contributed by atoms with E-state index in [1.807, 2.05) is 30.3 Å². The first-order valence-corrected chi connectivity index (χ1v) is 7.56. The average molecular weight is 308 g/mol. The van der Waals surface area contributed by atoms with E-state index in [4.69, 9.17) is 23.2 Å². The van der Waals surface area contributed by atoms with Crippen molar-refractivity contribution in [1.29, 1.82) is 0 Å². The van der Waals surface area contributed by atoms with Crippen LogP contribution in [0.25, 0.3) is 0 Å². The zero-order chi connectivity index (χ0) is 14.5. The topological polar surface area (TPSA) is 12.0 Å². The maximum atomic E-state index is 6.03. The van der Waals surface area contributed by atoms with Crippen molar-refractivity contribution in [3.05, 3.63) is 69.7 Å². The minimum atomic E-state index is 0.274. The van der Waals surface area contributed by atoms with Crippen molar-refractivity contribution in [3.8, 4) is 0 Å². The van der Waals surface area contributed by atoms with Gasteiger partial charge in [-0.15, -0.1) is 0 Å². The molecule has 0 saturated heterocycles. The molecule has 2 rings (SSSR count). The third kappa shape index (κ3) is 4.52. The van der Waals surface area contributed by atoms with E-state index in [1.165, 1.54) is 11.1 Å². The van der Waals surface area contributed by atoms with Crippen LogP contribution in [0.1, 0.15) is 31.0 Å². The summed E-state index contributed by atoms with van der Waals surface area (Å²) in [5, 5.41) is 5.15. The van der Waals surface area contributed by atoms with E-state index in [0.29, 0.717) is 6.04 Å². The Morgan fingerprint density at radius 1 is 0.950 bits per heavy atom. The first-order valence-electron chi connectivity index (χ1n) is 6.80. The van der Waals surface area contributed by atoms with Gasteiger partial charge in [-0.05, 0) is 55.7 Å². The van der Waals surface area contributed by atoms with Crippen molar-refractivity contribution < 1.29 is 0 Å². The highest BCUT2D eigenvalue weighted by Gasteiger charge is 2.10. The van der Waals surface area contributed by atoms with E-state index in [0.717, 1.165) is 16.5 Å². The lowest BCUT2D eigenvalue weighted by molar-refractivity contribution is 0.477. The molecule has 2 atom stereocenters. The summed E-state index contributed by atoms with van der Waals surface area (Å²) >= 11 is 11.9. The molecule has 106 valence electrons. The number of hydrogen-bond donors (Lipinski definition) is 1. The lowest BCUT2D eigenvalue weighted by atomic mass is 10.0. The van der Waals surface area contributed by atoms with Gasteiger partial charge >= 0.3 is 0 Å². The van der Waals surface area contributed by atoms with Gasteiger partial charge in [-0.2, -0.15) is 0 Å². The quantitative estimate of drug-likeness (QED) is 0.793. The van der Waals surface area contributed by atoms with Gasteiger partial charge in [0.25, 0.3) is 0 Å². The number of halogens is 2. The standard InChI is InChI=1S/C17H19Cl2N/c1-12(10-14-6-8-16(18)9-7-14)20-13(2)15-4-3-5-17(19)11-15/h3-9,11-13,20H,10H2,1-2H3/t12?,13-/m1/s1. The average Bonchev–Trinajstić information content (AvgIpc) is 2.41. The van der Waals surface area contributed by atoms with Crippen LogP contribution in [0, 0.1) is 0 Å². The normalized spacial score (nSPS) is 14.0. The molecule has 0 fully saturated rings. The van der Waals surface area contributed by atoms with Crippen molar-refractivity contribution in [2.24, 2.45) is 0 Å². The number of rotatable bonds is 5. The van der Waals surface area contributed by atoms with Gasteiger partial charge in [-0.3, -0.25) is 0 Å². The monoisotopic (exact) mass is 307 g/mol. The molecular formula is C17H19Cl2N. The van der Waals surface area contributed by atoms with Crippen LogP contribution in [-0.4, -0.2) is 6.04 Å². The van der Waals surface area contributed by atoms with Gasteiger partial charge in [-0.1, -0.05) is 47.5 Å². The Bertz CT molecular complexity index is 551. The molecule has 0 saturated carbocycles. The van der Waals surface area contributed by atoms with Crippen LogP contribution in [0.3, 0.4) is 0 Å². The summed E-state index contributed by atoms with van der Waals surface area (Å²) in [6, 6.07) is 16.7. The van der Waals surface area contributed by atoms with Gasteiger partial charge in [0, 0.05) is 22.1 Å². The summed E-state index contributed by atoms with van der Waals surface area (Å²) in [6.07, 6.45) is 0.974. The number of benzene rings is 2. The zero-order valence-electron chi connectivity index (χ0n) is 11.7. The molecule has 20 heavy (non-hydrogen) atoms. The minimum Gasteiger partial charge on any atom is -0.307 e. The number of hydrogen-bond acceptors (Lipinski definition) is 1. The highest BCUT2D eigenvalue weighted by molar-refractivity contribution is 6.30. The van der Waals surface area contributed by atoms with Crippen molar-refractivity contribution >= 4 is 23.2 Å². The van der Waals surface area contributed by atoms with E-state index in [-0.39, 0.29) is 6.04 Å². The van der Waals surface area contributed by atoms with E-state index in [2.05, 4.69) is 37.4 Å². The zero-order valence-corrected chi connectivity index (χ0v) is 13.2. The molecule has 0 amide bonds. The van der Waals surface area contributed by atoms with Gasteiger partial charge in [0.2, 0.25) is 0 Å². The molecule has 3 heteroatoms. The fourth-order valence-electron chi connectivity index (χ4n) is 2.33. The van der Waals surface area contributed by atoms with Gasteiger partial charge in [0.15, 0.2) is 0 Å². The van der Waals surface area contributed by atoms with Gasteiger partial charge in [-0.25, -0.2) is 0 Å². The van der Waals surface area contributed by atoms with Crippen molar-refractivity contribution in [1.82, 2.24) is 5.32 Å². The van der Waals surface area contributed by atoms with Gasteiger partial charge in [0.05, 0.1) is 0 Å². The van der Waals surface area contributed by atoms with Crippen molar-refractivity contribution in [3.63, 3.8) is 0 Å². The molecule has 1 unspecified atom stereocenters. The third-order valence-electron chi connectivity index (χ3n) is 3.34. The second-order valence-electron chi connectivity index (χ2n) is 5.17. The molecule has 1 N–H and O–H groups in total. The molecule has 0 aliphatic rings. The van der Waals surface area contributed by atoms with Crippen LogP contribution < -0.4 is 5.32 Å². The maximum Gasteiger partial charge on any atom is 0.0409 e. The highest BCUT2D eigenvalue weighted by Crippen LogP contribution is 2.18. The molecule has 2 aromatic rings. The second kappa shape index (κ2) is 7.12. The summed E-state index contributed by atoms with van der Waals surface area (Å²) in [4.78, 5) is 0. The molecule has 0 aliphatic heterocycles. The molecular weight excluding hydrogens is 289 g/mol. The summed E-state index contributed by atoms with van der Waals surface area (Å²) in [7, 11) is 0. The van der Waals surface area contributed by atoms with Crippen LogP contribution >= 0.6 is 23.2 Å². The third-order valence-corrected chi connectivity index (χ3v) is 3.83. The fraction of sp³-hybridized carbons (Fsp3) is 0.294. The predicted molar refractivity (Wildman–Crippen MR) is 87.6 cm³/mol. The molecule has 1 nitrogen and oxygen atoms in total. The van der Waals surface area contributed by atoms with E-state index in [9.17, 15) is 0 Å². The van der Waals surface area contributed by atoms with Crippen LogP contribution in [0.5, 0.6) is 0 Å². The Morgan fingerprint density at radius 2 is 1.65 bits per heavy atom. The largest absolute Gasteiger partial charge is 0.307 e. The van der Waals surface area contributed by atoms with Crippen LogP contribution in [0.2, 0.25) is 10.0 Å². The summed E-state index contributed by atoms with van der Waals surface area (Å²) < 4.78 is 0. The maximum absolute atomic E-state index is 6.03. The van der Waals surface area contributed by atoms with E-state index in [1.54, 1.807) is 0 Å².